The summed E-state index contributed by atoms with van der Waals surface area (Å²) in [6.07, 6.45) is 0. The maximum Gasteiger partial charge on any atom is 0.120 e. The van der Waals surface area contributed by atoms with E-state index in [0.29, 0.717) is 12.3 Å². The number of hydrogen-bond acceptors (Lipinski definition) is 3. The summed E-state index contributed by atoms with van der Waals surface area (Å²) in [5.74, 6) is 0.369. The lowest BCUT2D eigenvalue weighted by Gasteiger charge is -2.28. The predicted octanol–water partition coefficient (Wildman–Crippen LogP) is 4.26. The summed E-state index contributed by atoms with van der Waals surface area (Å²) in [4.78, 5) is 4.50. The molecule has 0 amide bonds. The molecule has 0 saturated heterocycles. The Balaban J connectivity index is 2.29. The number of anilines is 1. The van der Waals surface area contributed by atoms with E-state index < -0.39 is 0 Å². The normalized spacial score (nSPS) is 11.8. The average molecular weight is 326 g/mol. The van der Waals surface area contributed by atoms with Gasteiger partial charge in [-0.15, -0.1) is 0 Å². The van der Waals surface area contributed by atoms with Gasteiger partial charge in [0.2, 0.25) is 0 Å². The van der Waals surface area contributed by atoms with Crippen LogP contribution < -0.4 is 4.90 Å². The highest BCUT2D eigenvalue weighted by molar-refractivity contribution is 5.49. The van der Waals surface area contributed by atoms with Crippen molar-refractivity contribution in [3.8, 4) is 5.75 Å². The van der Waals surface area contributed by atoms with Crippen molar-refractivity contribution in [3.63, 3.8) is 0 Å². The van der Waals surface area contributed by atoms with Crippen molar-refractivity contribution in [2.45, 2.75) is 32.7 Å². The van der Waals surface area contributed by atoms with E-state index in [-0.39, 0.29) is 5.41 Å². The molecular weight excluding hydrogens is 296 g/mol. The van der Waals surface area contributed by atoms with Gasteiger partial charge in [-0.1, -0.05) is 45.0 Å². The quantitative estimate of drug-likeness (QED) is 0.859. The Hall–Kier alpha value is -2.00. The van der Waals surface area contributed by atoms with Crippen LogP contribution in [0.15, 0.2) is 48.5 Å². The van der Waals surface area contributed by atoms with Gasteiger partial charge in [0, 0.05) is 30.9 Å². The Morgan fingerprint density at radius 1 is 0.917 bits per heavy atom. The molecule has 0 atom stereocenters. The molecule has 2 aromatic carbocycles. The number of phenolic OH excluding ortho intramolecular Hbond substituents is 1. The minimum Gasteiger partial charge on any atom is -0.508 e. The maximum atomic E-state index is 10.3. The van der Waals surface area contributed by atoms with Crippen LogP contribution in [0.1, 0.15) is 31.9 Å². The Morgan fingerprint density at radius 2 is 1.58 bits per heavy atom. The third-order valence-electron chi connectivity index (χ3n) is 4.25. The lowest BCUT2D eigenvalue weighted by atomic mass is 9.86. The van der Waals surface area contributed by atoms with Gasteiger partial charge in [-0.05, 0) is 49.3 Å². The van der Waals surface area contributed by atoms with E-state index in [9.17, 15) is 5.11 Å². The zero-order chi connectivity index (χ0) is 17.7. The Morgan fingerprint density at radius 3 is 2.17 bits per heavy atom. The van der Waals surface area contributed by atoms with Crippen LogP contribution in [0.25, 0.3) is 0 Å². The summed E-state index contributed by atoms with van der Waals surface area (Å²) in [7, 11) is 4.17. The molecule has 0 heterocycles. The van der Waals surface area contributed by atoms with Gasteiger partial charge in [0.05, 0.1) is 0 Å². The molecule has 0 radical (unpaired) electrons. The molecule has 0 aliphatic heterocycles. The van der Waals surface area contributed by atoms with Crippen molar-refractivity contribution in [1.29, 1.82) is 0 Å². The van der Waals surface area contributed by atoms with Crippen molar-refractivity contribution >= 4 is 5.69 Å². The number of rotatable bonds is 6. The zero-order valence-electron chi connectivity index (χ0n) is 15.6. The molecule has 1 N–H and O–H groups in total. The molecule has 3 heteroatoms. The average Bonchev–Trinajstić information content (AvgIpc) is 2.52. The summed E-state index contributed by atoms with van der Waals surface area (Å²) in [6, 6.07) is 16.4. The van der Waals surface area contributed by atoms with Gasteiger partial charge in [0.25, 0.3) is 0 Å². The summed E-state index contributed by atoms with van der Waals surface area (Å²) in [6.45, 7) is 9.18. The van der Waals surface area contributed by atoms with Crippen molar-refractivity contribution in [1.82, 2.24) is 4.90 Å². The number of para-hydroxylation sites is 1. The molecule has 0 aromatic heterocycles. The third kappa shape index (κ3) is 5.00. The maximum absolute atomic E-state index is 10.3. The summed E-state index contributed by atoms with van der Waals surface area (Å²) < 4.78 is 0. The van der Waals surface area contributed by atoms with Crippen molar-refractivity contribution in [2.75, 3.05) is 32.1 Å². The zero-order valence-corrected chi connectivity index (χ0v) is 15.6. The first-order chi connectivity index (χ1) is 11.3. The van der Waals surface area contributed by atoms with Crippen LogP contribution in [0, 0.1) is 0 Å². The number of hydrogen-bond donors (Lipinski definition) is 1. The highest BCUT2D eigenvalue weighted by Gasteiger charge is 2.17. The standard InChI is InChI=1S/C21H30N2O/c1-21(2,3)18-11-12-20(24)17(15-18)16-23(14-13-22(4)5)19-9-7-6-8-10-19/h6-12,15,24H,13-14,16H2,1-5H3. The largest absolute Gasteiger partial charge is 0.508 e. The van der Waals surface area contributed by atoms with Gasteiger partial charge in [-0.25, -0.2) is 0 Å². The number of likely N-dealkylation sites (N-methyl/N-ethyl adjacent to an activating group) is 1. The van der Waals surface area contributed by atoms with Crippen LogP contribution in [-0.4, -0.2) is 37.2 Å². The van der Waals surface area contributed by atoms with Gasteiger partial charge < -0.3 is 14.9 Å². The second kappa shape index (κ2) is 7.71. The molecule has 0 unspecified atom stereocenters. The molecule has 0 bridgehead atoms. The van der Waals surface area contributed by atoms with E-state index >= 15 is 0 Å². The minimum atomic E-state index is 0.0731. The molecule has 130 valence electrons. The summed E-state index contributed by atoms with van der Waals surface area (Å²) in [5, 5.41) is 10.3. The Bertz CT molecular complexity index is 645. The van der Waals surface area contributed by atoms with Crippen LogP contribution in [0.2, 0.25) is 0 Å². The number of aromatic hydroxyl groups is 1. The van der Waals surface area contributed by atoms with Gasteiger partial charge in [0.1, 0.15) is 5.75 Å². The van der Waals surface area contributed by atoms with E-state index in [1.165, 1.54) is 11.3 Å². The second-order valence-corrected chi connectivity index (χ2v) is 7.65. The number of phenols is 1. The third-order valence-corrected chi connectivity index (χ3v) is 4.25. The number of benzene rings is 2. The molecule has 2 aromatic rings. The minimum absolute atomic E-state index is 0.0731. The molecule has 2 rings (SSSR count). The summed E-state index contributed by atoms with van der Waals surface area (Å²) >= 11 is 0. The second-order valence-electron chi connectivity index (χ2n) is 7.65. The van der Waals surface area contributed by atoms with E-state index in [1.54, 1.807) is 0 Å². The van der Waals surface area contributed by atoms with Crippen LogP contribution in [0.3, 0.4) is 0 Å². The molecule has 0 spiro atoms. The first kappa shape index (κ1) is 18.3. The van der Waals surface area contributed by atoms with Crippen LogP contribution in [-0.2, 0) is 12.0 Å². The van der Waals surface area contributed by atoms with E-state index in [2.05, 4.69) is 75.0 Å². The number of nitrogens with zero attached hydrogens (tertiary/aromatic N) is 2. The van der Waals surface area contributed by atoms with Gasteiger partial charge in [-0.3, -0.25) is 0 Å². The molecular formula is C21H30N2O. The SMILES string of the molecule is CN(C)CCN(Cc1cc(C(C)(C)C)ccc1O)c1ccccc1. The highest BCUT2D eigenvalue weighted by atomic mass is 16.3. The molecule has 0 fully saturated rings. The topological polar surface area (TPSA) is 26.7 Å². The van der Waals surface area contributed by atoms with Crippen molar-refractivity contribution < 1.29 is 5.11 Å². The summed E-state index contributed by atoms with van der Waals surface area (Å²) in [5.41, 5.74) is 3.48. The fraction of sp³-hybridized carbons (Fsp3) is 0.429. The fourth-order valence-electron chi connectivity index (χ4n) is 2.64. The monoisotopic (exact) mass is 326 g/mol. The molecule has 0 aliphatic rings. The lowest BCUT2D eigenvalue weighted by Crippen LogP contribution is -2.31. The Kier molecular flexibility index (Phi) is 5.89. The Labute approximate surface area is 146 Å². The van der Waals surface area contributed by atoms with E-state index in [0.717, 1.165) is 18.7 Å². The van der Waals surface area contributed by atoms with E-state index in [1.807, 2.05) is 18.2 Å². The molecule has 3 nitrogen and oxygen atoms in total. The first-order valence-corrected chi connectivity index (χ1v) is 8.54. The fourth-order valence-corrected chi connectivity index (χ4v) is 2.64. The van der Waals surface area contributed by atoms with E-state index in [4.69, 9.17) is 0 Å². The molecule has 24 heavy (non-hydrogen) atoms. The predicted molar refractivity (Wildman–Crippen MR) is 103 cm³/mol. The van der Waals surface area contributed by atoms with Crippen molar-refractivity contribution in [3.05, 3.63) is 59.7 Å². The molecule has 0 aliphatic carbocycles. The first-order valence-electron chi connectivity index (χ1n) is 8.54. The van der Waals surface area contributed by atoms with Crippen molar-refractivity contribution in [2.24, 2.45) is 0 Å². The van der Waals surface area contributed by atoms with Gasteiger partial charge >= 0.3 is 0 Å². The smallest absolute Gasteiger partial charge is 0.120 e. The highest BCUT2D eigenvalue weighted by Crippen LogP contribution is 2.29. The van der Waals surface area contributed by atoms with Crippen LogP contribution in [0.4, 0.5) is 5.69 Å². The van der Waals surface area contributed by atoms with Crippen LogP contribution >= 0.6 is 0 Å². The van der Waals surface area contributed by atoms with Crippen LogP contribution in [0.5, 0.6) is 5.75 Å². The lowest BCUT2D eigenvalue weighted by molar-refractivity contribution is 0.411. The van der Waals surface area contributed by atoms with Gasteiger partial charge in [-0.2, -0.15) is 0 Å². The molecule has 0 saturated carbocycles. The van der Waals surface area contributed by atoms with Gasteiger partial charge in [0.15, 0.2) is 0 Å².